The van der Waals surface area contributed by atoms with E-state index in [2.05, 4.69) is 28.7 Å². The summed E-state index contributed by atoms with van der Waals surface area (Å²) in [6.45, 7) is 5.29. The van der Waals surface area contributed by atoms with Crippen LogP contribution in [0.1, 0.15) is 77.6 Å². The summed E-state index contributed by atoms with van der Waals surface area (Å²) in [6, 6.07) is 19.5. The van der Waals surface area contributed by atoms with Gasteiger partial charge in [0.05, 0.1) is 12.7 Å². The lowest BCUT2D eigenvalue weighted by Crippen LogP contribution is -2.46. The number of hydrogen-bond donors (Lipinski definition) is 2. The van der Waals surface area contributed by atoms with E-state index in [4.69, 9.17) is 4.74 Å². The number of ether oxygens (including phenoxy) is 1. The molecule has 2 aromatic carbocycles. The standard InChI is InChI=1S/C23H24N2O2.C18H23NO3/c1-17-5-2-6-18(13-17)9-11-23(27)10-3-7-20-15-25(16-21(20)23)22(26)19-8-4-12-24-14-19;1-14-6-4-7-15(12-14)9-11-18(21)10-5-8-16(13-18)19(2)17(20)22-3/h2,4-6,8,12-14,20-21,27H,3,7,10,15-16H2,1H3;4,6-7,12,16,21H,5,8,10,13H2,1-3H3. The van der Waals surface area contributed by atoms with Gasteiger partial charge in [0.15, 0.2) is 0 Å². The Labute approximate surface area is 290 Å². The number of benzene rings is 2. The monoisotopic (exact) mass is 661 g/mol. The molecule has 3 fully saturated rings. The van der Waals surface area contributed by atoms with E-state index in [-0.39, 0.29) is 24.0 Å². The molecule has 3 aliphatic rings. The number of fused-ring (bicyclic) bond motifs is 1. The van der Waals surface area contributed by atoms with Crippen molar-refractivity contribution < 1.29 is 24.5 Å². The molecule has 1 aliphatic heterocycles. The topological polar surface area (TPSA) is 103 Å². The Bertz CT molecular complexity index is 1750. The summed E-state index contributed by atoms with van der Waals surface area (Å²) in [4.78, 5) is 31.9. The number of hydrogen-bond acceptors (Lipinski definition) is 6. The first-order chi connectivity index (χ1) is 23.5. The van der Waals surface area contributed by atoms with Crippen molar-refractivity contribution in [3.05, 3.63) is 101 Å². The largest absolute Gasteiger partial charge is 0.453 e. The van der Waals surface area contributed by atoms with Crippen LogP contribution in [0.4, 0.5) is 4.79 Å². The second-order valence-corrected chi connectivity index (χ2v) is 13.7. The maximum Gasteiger partial charge on any atom is 0.409 e. The molecule has 256 valence electrons. The molecule has 49 heavy (non-hydrogen) atoms. The van der Waals surface area contributed by atoms with E-state index in [1.54, 1.807) is 36.5 Å². The van der Waals surface area contributed by atoms with Crippen molar-refractivity contribution in [1.82, 2.24) is 14.8 Å². The van der Waals surface area contributed by atoms with Gasteiger partial charge in [-0.15, -0.1) is 0 Å². The van der Waals surface area contributed by atoms with E-state index >= 15 is 0 Å². The Hall–Kier alpha value is -4.63. The van der Waals surface area contributed by atoms with Gasteiger partial charge in [0.1, 0.15) is 11.2 Å². The number of nitrogens with zero attached hydrogens (tertiary/aromatic N) is 3. The lowest BCUT2D eigenvalue weighted by Gasteiger charge is -2.37. The van der Waals surface area contributed by atoms with E-state index in [1.807, 2.05) is 67.3 Å². The first-order valence-corrected chi connectivity index (χ1v) is 17.1. The van der Waals surface area contributed by atoms with Crippen molar-refractivity contribution in [3.8, 4) is 23.7 Å². The fourth-order valence-electron chi connectivity index (χ4n) is 7.29. The van der Waals surface area contributed by atoms with Gasteiger partial charge in [-0.2, -0.15) is 0 Å². The molecule has 8 nitrogen and oxygen atoms in total. The summed E-state index contributed by atoms with van der Waals surface area (Å²) in [5.74, 6) is 12.7. The van der Waals surface area contributed by atoms with Gasteiger partial charge in [-0.05, 0) is 106 Å². The number of carbonyl (C=O) groups is 2. The quantitative estimate of drug-likeness (QED) is 0.339. The van der Waals surface area contributed by atoms with Crippen LogP contribution in [0.5, 0.6) is 0 Å². The Balaban J connectivity index is 0.000000196. The summed E-state index contributed by atoms with van der Waals surface area (Å²) in [5.41, 5.74) is 2.65. The Morgan fingerprint density at radius 1 is 0.918 bits per heavy atom. The Morgan fingerprint density at radius 2 is 1.59 bits per heavy atom. The molecule has 1 aromatic heterocycles. The fraction of sp³-hybridized carbons (Fsp3) is 0.439. The molecule has 2 N–H and O–H groups in total. The van der Waals surface area contributed by atoms with E-state index in [1.165, 1.54) is 7.11 Å². The van der Waals surface area contributed by atoms with Crippen LogP contribution in [0.15, 0.2) is 73.1 Å². The maximum atomic E-state index is 12.8. The van der Waals surface area contributed by atoms with Gasteiger partial charge >= 0.3 is 6.09 Å². The zero-order valence-electron chi connectivity index (χ0n) is 29.0. The number of methoxy groups -OCH3 is 1. The van der Waals surface area contributed by atoms with Crippen molar-refractivity contribution in [2.24, 2.45) is 11.8 Å². The highest BCUT2D eigenvalue weighted by atomic mass is 16.5. The van der Waals surface area contributed by atoms with Crippen LogP contribution >= 0.6 is 0 Å². The van der Waals surface area contributed by atoms with Crippen LogP contribution in [-0.4, -0.2) is 81.5 Å². The number of rotatable bonds is 2. The number of aromatic nitrogens is 1. The number of pyridine rings is 1. The van der Waals surface area contributed by atoms with Gasteiger partial charge in [0.2, 0.25) is 0 Å². The summed E-state index contributed by atoms with van der Waals surface area (Å²) >= 11 is 0. The third-order valence-electron chi connectivity index (χ3n) is 9.99. The van der Waals surface area contributed by atoms with E-state index in [9.17, 15) is 19.8 Å². The molecule has 0 radical (unpaired) electrons. The molecular formula is C41H47N3O5. The molecular weight excluding hydrogens is 614 g/mol. The van der Waals surface area contributed by atoms with Crippen molar-refractivity contribution in [1.29, 1.82) is 0 Å². The van der Waals surface area contributed by atoms with Crippen LogP contribution in [0.25, 0.3) is 0 Å². The second kappa shape index (κ2) is 15.7. The number of aliphatic hydroxyl groups is 2. The van der Waals surface area contributed by atoms with E-state index in [0.717, 1.165) is 47.9 Å². The molecule has 5 atom stereocenters. The van der Waals surface area contributed by atoms with E-state index in [0.29, 0.717) is 43.8 Å². The summed E-state index contributed by atoms with van der Waals surface area (Å²) < 4.78 is 4.75. The Morgan fingerprint density at radius 3 is 2.22 bits per heavy atom. The molecule has 1 saturated heterocycles. The lowest BCUT2D eigenvalue weighted by molar-refractivity contribution is -0.00779. The average Bonchev–Trinajstić information content (AvgIpc) is 3.56. The van der Waals surface area contributed by atoms with Crippen molar-refractivity contribution in [2.45, 2.75) is 76.0 Å². The zero-order chi connectivity index (χ0) is 35.0. The minimum absolute atomic E-state index is 0.00387. The normalized spacial score (nSPS) is 25.6. The number of likely N-dealkylation sites (tertiary alicyclic amines) is 1. The van der Waals surface area contributed by atoms with Crippen molar-refractivity contribution in [3.63, 3.8) is 0 Å². The Kier molecular flexibility index (Phi) is 11.4. The third kappa shape index (κ3) is 9.09. The molecule has 2 saturated carbocycles. The van der Waals surface area contributed by atoms with Crippen LogP contribution in [0.2, 0.25) is 0 Å². The highest BCUT2D eigenvalue weighted by molar-refractivity contribution is 5.94. The van der Waals surface area contributed by atoms with Crippen molar-refractivity contribution >= 4 is 12.0 Å². The van der Waals surface area contributed by atoms with Crippen molar-refractivity contribution in [2.75, 3.05) is 27.2 Å². The van der Waals surface area contributed by atoms with Gasteiger partial charge < -0.3 is 24.7 Å². The molecule has 8 heteroatoms. The minimum atomic E-state index is -1.05. The molecule has 2 aliphatic carbocycles. The molecule has 2 amide bonds. The molecule has 2 heterocycles. The fourth-order valence-corrected chi connectivity index (χ4v) is 7.29. The minimum Gasteiger partial charge on any atom is -0.453 e. The van der Waals surface area contributed by atoms with Gasteiger partial charge in [-0.1, -0.05) is 47.9 Å². The van der Waals surface area contributed by atoms with Gasteiger partial charge in [0, 0.05) is 62.0 Å². The zero-order valence-corrected chi connectivity index (χ0v) is 29.0. The predicted octanol–water partition coefficient (Wildman–Crippen LogP) is 5.76. The third-order valence-corrected chi connectivity index (χ3v) is 9.99. The first-order valence-electron chi connectivity index (χ1n) is 17.1. The first kappa shape index (κ1) is 35.7. The van der Waals surface area contributed by atoms with Gasteiger partial charge in [-0.3, -0.25) is 9.78 Å². The summed E-state index contributed by atoms with van der Waals surface area (Å²) in [5, 5.41) is 22.0. The lowest BCUT2D eigenvalue weighted by atomic mass is 9.71. The number of amides is 2. The van der Waals surface area contributed by atoms with Crippen LogP contribution in [0.3, 0.4) is 0 Å². The van der Waals surface area contributed by atoms with Crippen LogP contribution < -0.4 is 0 Å². The molecule has 0 spiro atoms. The van der Waals surface area contributed by atoms with E-state index < -0.39 is 11.2 Å². The van der Waals surface area contributed by atoms with Crippen LogP contribution in [0, 0.1) is 49.4 Å². The number of carbonyl (C=O) groups excluding carboxylic acids is 2. The highest BCUT2D eigenvalue weighted by Gasteiger charge is 2.49. The predicted molar refractivity (Wildman–Crippen MR) is 189 cm³/mol. The smallest absolute Gasteiger partial charge is 0.409 e. The molecule has 5 unspecified atom stereocenters. The average molecular weight is 662 g/mol. The van der Waals surface area contributed by atoms with Crippen LogP contribution in [-0.2, 0) is 4.74 Å². The molecule has 0 bridgehead atoms. The number of aryl methyl sites for hydroxylation is 2. The molecule has 3 aromatic rings. The van der Waals surface area contributed by atoms with Gasteiger partial charge in [-0.25, -0.2) is 4.79 Å². The molecule has 6 rings (SSSR count). The second-order valence-electron chi connectivity index (χ2n) is 13.7. The highest BCUT2D eigenvalue weighted by Crippen LogP contribution is 2.43. The summed E-state index contributed by atoms with van der Waals surface area (Å²) in [6.07, 6.45) is 8.34. The van der Waals surface area contributed by atoms with Gasteiger partial charge in [0.25, 0.3) is 5.91 Å². The maximum absolute atomic E-state index is 12.8. The summed E-state index contributed by atoms with van der Waals surface area (Å²) in [7, 11) is 3.07. The SMILES string of the molecule is COC(=O)N(C)C1CCCC(O)(C#Cc2cccc(C)c2)C1.Cc1cccc(C#CC2(O)CCCC3CN(C(=O)c4cccnc4)CC32)c1.